The first-order valence-electron chi connectivity index (χ1n) is 8.25. The SMILES string of the molecule is CCC1CC(C(=O)N2CCCCC2CCC(=O)O)CCO1. The largest absolute Gasteiger partial charge is 0.481 e. The van der Waals surface area contributed by atoms with Crippen LogP contribution in [0.1, 0.15) is 58.3 Å². The molecule has 2 heterocycles. The molecule has 21 heavy (non-hydrogen) atoms. The number of nitrogens with zero attached hydrogens (tertiary/aromatic N) is 1. The fourth-order valence-corrected chi connectivity index (χ4v) is 3.50. The molecule has 0 saturated carbocycles. The zero-order valence-corrected chi connectivity index (χ0v) is 12.9. The lowest BCUT2D eigenvalue weighted by atomic mass is 9.90. The lowest BCUT2D eigenvalue weighted by Gasteiger charge is -2.39. The number of carbonyl (C=O) groups is 2. The molecular formula is C16H27NO4. The molecule has 2 saturated heterocycles. The summed E-state index contributed by atoms with van der Waals surface area (Å²) < 4.78 is 5.65. The van der Waals surface area contributed by atoms with Crippen LogP contribution < -0.4 is 0 Å². The fourth-order valence-electron chi connectivity index (χ4n) is 3.50. The van der Waals surface area contributed by atoms with E-state index in [0.29, 0.717) is 13.0 Å². The number of carboxylic acid groups (broad SMARTS) is 1. The maximum absolute atomic E-state index is 12.8. The van der Waals surface area contributed by atoms with E-state index in [-0.39, 0.29) is 30.4 Å². The second kappa shape index (κ2) is 7.78. The molecule has 0 spiro atoms. The Hall–Kier alpha value is -1.10. The summed E-state index contributed by atoms with van der Waals surface area (Å²) in [6.07, 6.45) is 6.59. The van der Waals surface area contributed by atoms with E-state index in [9.17, 15) is 9.59 Å². The topological polar surface area (TPSA) is 66.8 Å². The van der Waals surface area contributed by atoms with Crippen LogP contribution in [-0.2, 0) is 14.3 Å². The quantitative estimate of drug-likeness (QED) is 0.846. The molecule has 5 heteroatoms. The molecule has 0 aromatic rings. The van der Waals surface area contributed by atoms with E-state index in [1.54, 1.807) is 0 Å². The van der Waals surface area contributed by atoms with Crippen molar-refractivity contribution in [2.75, 3.05) is 13.2 Å². The molecule has 0 aromatic heterocycles. The summed E-state index contributed by atoms with van der Waals surface area (Å²) in [6, 6.07) is 0.116. The molecular weight excluding hydrogens is 270 g/mol. The van der Waals surface area contributed by atoms with E-state index in [1.165, 1.54) is 0 Å². The van der Waals surface area contributed by atoms with Gasteiger partial charge in [-0.05, 0) is 44.9 Å². The van der Waals surface area contributed by atoms with Crippen LogP contribution >= 0.6 is 0 Å². The number of piperidine rings is 1. The standard InChI is InChI=1S/C16H27NO4/c1-2-14-11-12(8-10-21-14)16(20)17-9-4-3-5-13(17)6-7-15(18)19/h12-14H,2-11H2,1H3,(H,18,19). The number of carboxylic acids is 1. The zero-order valence-electron chi connectivity index (χ0n) is 12.9. The minimum Gasteiger partial charge on any atom is -0.481 e. The Kier molecular flexibility index (Phi) is 6.03. The molecule has 1 N–H and O–H groups in total. The molecule has 1 amide bonds. The van der Waals surface area contributed by atoms with E-state index in [4.69, 9.17) is 9.84 Å². The Morgan fingerprint density at radius 1 is 1.29 bits per heavy atom. The number of amides is 1. The number of hydrogen-bond donors (Lipinski definition) is 1. The molecule has 5 nitrogen and oxygen atoms in total. The average Bonchev–Trinajstić information content (AvgIpc) is 2.52. The van der Waals surface area contributed by atoms with Crippen molar-refractivity contribution in [3.05, 3.63) is 0 Å². The summed E-state index contributed by atoms with van der Waals surface area (Å²) in [4.78, 5) is 25.5. The van der Waals surface area contributed by atoms with Gasteiger partial charge in [0.2, 0.25) is 5.91 Å². The van der Waals surface area contributed by atoms with E-state index in [2.05, 4.69) is 6.92 Å². The van der Waals surface area contributed by atoms with Crippen molar-refractivity contribution in [3.63, 3.8) is 0 Å². The van der Waals surface area contributed by atoms with Crippen LogP contribution in [0.25, 0.3) is 0 Å². The highest BCUT2D eigenvalue weighted by molar-refractivity contribution is 5.79. The fraction of sp³-hybridized carbons (Fsp3) is 0.875. The van der Waals surface area contributed by atoms with Gasteiger partial charge < -0.3 is 14.7 Å². The second-order valence-corrected chi connectivity index (χ2v) is 6.24. The third-order valence-corrected chi connectivity index (χ3v) is 4.77. The van der Waals surface area contributed by atoms with Crippen LogP contribution in [0, 0.1) is 5.92 Å². The van der Waals surface area contributed by atoms with Gasteiger partial charge in [0.25, 0.3) is 0 Å². The number of likely N-dealkylation sites (tertiary alicyclic amines) is 1. The molecule has 120 valence electrons. The second-order valence-electron chi connectivity index (χ2n) is 6.24. The predicted molar refractivity (Wildman–Crippen MR) is 79.0 cm³/mol. The Balaban J connectivity index is 1.95. The van der Waals surface area contributed by atoms with Crippen LogP contribution in [0.15, 0.2) is 0 Å². The molecule has 2 rings (SSSR count). The summed E-state index contributed by atoms with van der Waals surface area (Å²) in [6.45, 7) is 3.55. The highest BCUT2D eigenvalue weighted by Crippen LogP contribution is 2.28. The van der Waals surface area contributed by atoms with E-state index in [0.717, 1.165) is 45.1 Å². The van der Waals surface area contributed by atoms with Gasteiger partial charge in [-0.3, -0.25) is 9.59 Å². The molecule has 3 atom stereocenters. The molecule has 0 bridgehead atoms. The third-order valence-electron chi connectivity index (χ3n) is 4.77. The summed E-state index contributed by atoms with van der Waals surface area (Å²) in [5.41, 5.74) is 0. The normalized spacial score (nSPS) is 30.1. The predicted octanol–water partition coefficient (Wildman–Crippen LogP) is 2.44. The minimum absolute atomic E-state index is 0.0640. The van der Waals surface area contributed by atoms with Crippen molar-refractivity contribution in [1.82, 2.24) is 4.90 Å². The number of rotatable bonds is 5. The lowest BCUT2D eigenvalue weighted by molar-refractivity contribution is -0.146. The molecule has 0 radical (unpaired) electrons. The summed E-state index contributed by atoms with van der Waals surface area (Å²) in [5.74, 6) is -0.481. The number of carbonyl (C=O) groups excluding carboxylic acids is 1. The molecule has 0 aromatic carbocycles. The van der Waals surface area contributed by atoms with Gasteiger partial charge in [0.15, 0.2) is 0 Å². The Morgan fingerprint density at radius 2 is 2.10 bits per heavy atom. The molecule has 0 aliphatic carbocycles. The van der Waals surface area contributed by atoms with Crippen LogP contribution in [0.2, 0.25) is 0 Å². The number of hydrogen-bond acceptors (Lipinski definition) is 3. The van der Waals surface area contributed by atoms with Crippen LogP contribution in [0.5, 0.6) is 0 Å². The van der Waals surface area contributed by atoms with Gasteiger partial charge in [-0.1, -0.05) is 6.92 Å². The monoisotopic (exact) mass is 297 g/mol. The molecule has 3 unspecified atom stereocenters. The Labute approximate surface area is 126 Å². The molecule has 2 fully saturated rings. The van der Waals surface area contributed by atoms with Gasteiger partial charge in [0.1, 0.15) is 0 Å². The van der Waals surface area contributed by atoms with Crippen LogP contribution in [0.4, 0.5) is 0 Å². The minimum atomic E-state index is -0.773. The van der Waals surface area contributed by atoms with E-state index >= 15 is 0 Å². The third kappa shape index (κ3) is 4.43. The first-order chi connectivity index (χ1) is 10.1. The number of aliphatic carboxylic acids is 1. The first kappa shape index (κ1) is 16.3. The Morgan fingerprint density at radius 3 is 2.81 bits per heavy atom. The lowest BCUT2D eigenvalue weighted by Crippen LogP contribution is -2.48. The van der Waals surface area contributed by atoms with Crippen molar-refractivity contribution >= 4 is 11.9 Å². The van der Waals surface area contributed by atoms with Gasteiger partial charge >= 0.3 is 5.97 Å². The highest BCUT2D eigenvalue weighted by Gasteiger charge is 2.34. The summed E-state index contributed by atoms with van der Waals surface area (Å²) >= 11 is 0. The smallest absolute Gasteiger partial charge is 0.303 e. The van der Waals surface area contributed by atoms with E-state index < -0.39 is 5.97 Å². The maximum Gasteiger partial charge on any atom is 0.303 e. The number of ether oxygens (including phenoxy) is 1. The highest BCUT2D eigenvalue weighted by atomic mass is 16.5. The van der Waals surface area contributed by atoms with Crippen molar-refractivity contribution in [1.29, 1.82) is 0 Å². The van der Waals surface area contributed by atoms with E-state index in [1.807, 2.05) is 4.90 Å². The van der Waals surface area contributed by atoms with Crippen molar-refractivity contribution in [3.8, 4) is 0 Å². The van der Waals surface area contributed by atoms with Crippen molar-refractivity contribution in [2.45, 2.75) is 70.4 Å². The van der Waals surface area contributed by atoms with Gasteiger partial charge in [0.05, 0.1) is 6.10 Å². The average molecular weight is 297 g/mol. The van der Waals surface area contributed by atoms with Crippen LogP contribution in [0.3, 0.4) is 0 Å². The van der Waals surface area contributed by atoms with Gasteiger partial charge in [0, 0.05) is 31.5 Å². The summed E-state index contributed by atoms with van der Waals surface area (Å²) in [5, 5.41) is 8.86. The maximum atomic E-state index is 12.8. The summed E-state index contributed by atoms with van der Waals surface area (Å²) in [7, 11) is 0. The van der Waals surface area contributed by atoms with Gasteiger partial charge in [-0.25, -0.2) is 0 Å². The van der Waals surface area contributed by atoms with Crippen molar-refractivity contribution < 1.29 is 19.4 Å². The van der Waals surface area contributed by atoms with Gasteiger partial charge in [-0.2, -0.15) is 0 Å². The molecule has 2 aliphatic rings. The Bertz CT molecular complexity index is 371. The molecule has 2 aliphatic heterocycles. The van der Waals surface area contributed by atoms with Gasteiger partial charge in [-0.15, -0.1) is 0 Å². The van der Waals surface area contributed by atoms with Crippen molar-refractivity contribution in [2.24, 2.45) is 5.92 Å². The van der Waals surface area contributed by atoms with Crippen LogP contribution in [-0.4, -0.2) is 47.2 Å². The first-order valence-corrected chi connectivity index (χ1v) is 8.25. The zero-order chi connectivity index (χ0) is 15.2.